The van der Waals surface area contributed by atoms with Crippen LogP contribution in [0.2, 0.25) is 0 Å². The van der Waals surface area contributed by atoms with E-state index in [1.807, 2.05) is 48.6 Å². The van der Waals surface area contributed by atoms with E-state index in [2.05, 4.69) is 37.4 Å². The van der Waals surface area contributed by atoms with Gasteiger partial charge in [0.05, 0.1) is 13.2 Å². The van der Waals surface area contributed by atoms with Crippen molar-refractivity contribution in [2.75, 3.05) is 13.2 Å². The number of benzene rings is 3. The van der Waals surface area contributed by atoms with Gasteiger partial charge in [0.15, 0.2) is 0 Å². The fourth-order valence-corrected chi connectivity index (χ4v) is 4.25. The highest BCUT2D eigenvalue weighted by molar-refractivity contribution is 5.65. The molecule has 0 amide bonds. The average molecular weight is 501 g/mol. The van der Waals surface area contributed by atoms with Crippen molar-refractivity contribution >= 4 is 0 Å². The van der Waals surface area contributed by atoms with Crippen LogP contribution in [-0.2, 0) is 12.8 Å². The molecule has 0 aliphatic rings. The van der Waals surface area contributed by atoms with Crippen molar-refractivity contribution in [1.29, 1.82) is 0 Å². The smallest absolute Gasteiger partial charge is 0.131 e. The molecule has 0 saturated heterocycles. The lowest BCUT2D eigenvalue weighted by molar-refractivity contribution is 0.307. The summed E-state index contributed by atoms with van der Waals surface area (Å²) in [6.45, 7) is 8.92. The van der Waals surface area contributed by atoms with E-state index in [-0.39, 0.29) is 5.82 Å². The molecule has 0 unspecified atom stereocenters. The van der Waals surface area contributed by atoms with Crippen molar-refractivity contribution in [3.8, 4) is 22.6 Å². The Hall–Kier alpha value is -3.33. The number of ether oxygens (including phenoxy) is 2. The molecule has 37 heavy (non-hydrogen) atoms. The molecule has 2 nitrogen and oxygen atoms in total. The van der Waals surface area contributed by atoms with Crippen molar-refractivity contribution in [3.05, 3.63) is 109 Å². The third-order valence-electron chi connectivity index (χ3n) is 6.45. The van der Waals surface area contributed by atoms with Crippen molar-refractivity contribution in [1.82, 2.24) is 0 Å². The first-order chi connectivity index (χ1) is 18.2. The Labute approximate surface area is 222 Å². The van der Waals surface area contributed by atoms with E-state index in [0.29, 0.717) is 12.2 Å². The van der Waals surface area contributed by atoms with E-state index in [1.54, 1.807) is 6.07 Å². The SMILES string of the molecule is C=CCCCCOc1ccc(CCCCc2ccc(-c3ccc(OCCCCC=C)cc3)c(F)c2)cc1. The van der Waals surface area contributed by atoms with Gasteiger partial charge >= 0.3 is 0 Å². The van der Waals surface area contributed by atoms with Crippen LogP contribution in [0.1, 0.15) is 62.5 Å². The van der Waals surface area contributed by atoms with Crippen LogP contribution in [0.5, 0.6) is 11.5 Å². The highest BCUT2D eigenvalue weighted by Gasteiger charge is 2.07. The van der Waals surface area contributed by atoms with E-state index in [0.717, 1.165) is 93.4 Å². The van der Waals surface area contributed by atoms with Gasteiger partial charge < -0.3 is 9.47 Å². The van der Waals surface area contributed by atoms with Crippen molar-refractivity contribution in [2.24, 2.45) is 0 Å². The molecule has 0 radical (unpaired) electrons. The fraction of sp³-hybridized carbons (Fsp3) is 0.353. The third-order valence-corrected chi connectivity index (χ3v) is 6.45. The van der Waals surface area contributed by atoms with E-state index in [1.165, 1.54) is 5.56 Å². The number of aryl methyl sites for hydroxylation is 2. The molecule has 196 valence electrons. The molecule has 0 bridgehead atoms. The van der Waals surface area contributed by atoms with Crippen LogP contribution in [-0.4, -0.2) is 13.2 Å². The second kappa shape index (κ2) is 16.4. The van der Waals surface area contributed by atoms with Crippen LogP contribution >= 0.6 is 0 Å². The van der Waals surface area contributed by atoms with Crippen molar-refractivity contribution < 1.29 is 13.9 Å². The molecule has 3 aromatic rings. The molecule has 0 aliphatic carbocycles. The zero-order chi connectivity index (χ0) is 26.1. The average Bonchev–Trinajstić information content (AvgIpc) is 2.92. The Morgan fingerprint density at radius 1 is 0.595 bits per heavy atom. The Kier molecular flexibility index (Phi) is 12.5. The first-order valence-corrected chi connectivity index (χ1v) is 13.6. The van der Waals surface area contributed by atoms with Crippen LogP contribution in [0.3, 0.4) is 0 Å². The summed E-state index contributed by atoms with van der Waals surface area (Å²) in [7, 11) is 0. The molecule has 3 aromatic carbocycles. The first kappa shape index (κ1) is 28.2. The van der Waals surface area contributed by atoms with Gasteiger partial charge in [0.1, 0.15) is 17.3 Å². The molecule has 0 aliphatic heterocycles. The molecule has 3 rings (SSSR count). The monoisotopic (exact) mass is 500 g/mol. The highest BCUT2D eigenvalue weighted by atomic mass is 19.1. The summed E-state index contributed by atoms with van der Waals surface area (Å²) in [6.07, 6.45) is 14.2. The Bertz CT molecular complexity index is 1070. The molecule has 0 atom stereocenters. The molecule has 0 saturated carbocycles. The van der Waals surface area contributed by atoms with Crippen LogP contribution in [0.4, 0.5) is 4.39 Å². The lowest BCUT2D eigenvalue weighted by atomic mass is 9.99. The molecule has 0 N–H and O–H groups in total. The molecular weight excluding hydrogens is 459 g/mol. The summed E-state index contributed by atoms with van der Waals surface area (Å²) in [5, 5.41) is 0. The van der Waals surface area contributed by atoms with Crippen LogP contribution < -0.4 is 9.47 Å². The summed E-state index contributed by atoms with van der Waals surface area (Å²) in [5.74, 6) is 1.58. The van der Waals surface area contributed by atoms with Gasteiger partial charge in [0.25, 0.3) is 0 Å². The predicted molar refractivity (Wildman–Crippen MR) is 154 cm³/mol. The minimum absolute atomic E-state index is 0.171. The maximum atomic E-state index is 14.9. The number of hydrogen-bond acceptors (Lipinski definition) is 2. The number of allylic oxidation sites excluding steroid dienone is 2. The molecular formula is C34H41FO2. The molecule has 0 aromatic heterocycles. The summed E-state index contributed by atoms with van der Waals surface area (Å²) in [6, 6.07) is 21.7. The van der Waals surface area contributed by atoms with Gasteiger partial charge in [-0.25, -0.2) is 4.39 Å². The minimum Gasteiger partial charge on any atom is -0.494 e. The van der Waals surface area contributed by atoms with Gasteiger partial charge in [-0.15, -0.1) is 13.2 Å². The molecule has 0 heterocycles. The normalized spacial score (nSPS) is 10.7. The maximum Gasteiger partial charge on any atom is 0.131 e. The van der Waals surface area contributed by atoms with Gasteiger partial charge in [-0.05, 0) is 111 Å². The van der Waals surface area contributed by atoms with Gasteiger partial charge in [0.2, 0.25) is 0 Å². The van der Waals surface area contributed by atoms with Gasteiger partial charge in [-0.2, -0.15) is 0 Å². The Morgan fingerprint density at radius 3 is 1.65 bits per heavy atom. The Morgan fingerprint density at radius 2 is 1.11 bits per heavy atom. The van der Waals surface area contributed by atoms with Crippen molar-refractivity contribution in [2.45, 2.75) is 64.2 Å². The predicted octanol–water partition coefficient (Wildman–Crippen LogP) is 9.53. The second-order valence-corrected chi connectivity index (χ2v) is 9.46. The third kappa shape index (κ3) is 10.3. The maximum absolute atomic E-state index is 14.9. The molecule has 0 fully saturated rings. The summed E-state index contributed by atoms with van der Waals surface area (Å²) < 4.78 is 26.4. The minimum atomic E-state index is -0.171. The molecule has 3 heteroatoms. The zero-order valence-corrected chi connectivity index (χ0v) is 22.1. The van der Waals surface area contributed by atoms with Crippen molar-refractivity contribution in [3.63, 3.8) is 0 Å². The number of rotatable bonds is 18. The van der Waals surface area contributed by atoms with E-state index < -0.39 is 0 Å². The summed E-state index contributed by atoms with van der Waals surface area (Å²) in [4.78, 5) is 0. The first-order valence-electron chi connectivity index (χ1n) is 13.6. The number of unbranched alkanes of at least 4 members (excludes halogenated alkanes) is 5. The Balaban J connectivity index is 1.39. The fourth-order valence-electron chi connectivity index (χ4n) is 4.25. The summed E-state index contributed by atoms with van der Waals surface area (Å²) >= 11 is 0. The summed E-state index contributed by atoms with van der Waals surface area (Å²) in [5.41, 5.74) is 3.85. The quantitative estimate of drug-likeness (QED) is 0.128. The number of hydrogen-bond donors (Lipinski definition) is 0. The van der Waals surface area contributed by atoms with Crippen LogP contribution in [0.15, 0.2) is 92.0 Å². The zero-order valence-electron chi connectivity index (χ0n) is 22.1. The van der Waals surface area contributed by atoms with E-state index in [4.69, 9.17) is 9.47 Å². The highest BCUT2D eigenvalue weighted by Crippen LogP contribution is 2.26. The van der Waals surface area contributed by atoms with Gasteiger partial charge in [-0.3, -0.25) is 0 Å². The lowest BCUT2D eigenvalue weighted by Crippen LogP contribution is -1.97. The van der Waals surface area contributed by atoms with Crippen LogP contribution in [0, 0.1) is 5.82 Å². The van der Waals surface area contributed by atoms with E-state index >= 15 is 0 Å². The molecule has 0 spiro atoms. The largest absolute Gasteiger partial charge is 0.494 e. The van der Waals surface area contributed by atoms with Crippen LogP contribution in [0.25, 0.3) is 11.1 Å². The van der Waals surface area contributed by atoms with E-state index in [9.17, 15) is 4.39 Å². The number of halogens is 1. The van der Waals surface area contributed by atoms with Gasteiger partial charge in [-0.1, -0.05) is 48.6 Å². The van der Waals surface area contributed by atoms with Gasteiger partial charge in [0, 0.05) is 5.56 Å². The standard InChI is InChI=1S/C34H41FO2/c1-3-5-7-11-25-36-31-20-15-28(16-21-31)13-9-10-14-29-17-24-33(34(35)27-29)30-18-22-32(23-19-30)37-26-12-8-6-4-2/h3-4,15-24,27H,1-2,5-14,25-26H2. The lowest BCUT2D eigenvalue weighted by Gasteiger charge is -2.09. The topological polar surface area (TPSA) is 18.5 Å². The second-order valence-electron chi connectivity index (χ2n) is 9.46.